The van der Waals surface area contributed by atoms with Crippen LogP contribution >= 0.6 is 0 Å². The molecule has 0 aliphatic carbocycles. The fourth-order valence-electron chi connectivity index (χ4n) is 2.18. The molecule has 0 spiro atoms. The lowest BCUT2D eigenvalue weighted by Gasteiger charge is -2.24. The zero-order chi connectivity index (χ0) is 18.4. The van der Waals surface area contributed by atoms with Crippen LogP contribution < -0.4 is 0 Å². The van der Waals surface area contributed by atoms with Gasteiger partial charge in [0.1, 0.15) is 5.60 Å². The number of amides is 1. The molecule has 0 atom stereocenters. The zero-order valence-corrected chi connectivity index (χ0v) is 16.4. The largest absolute Gasteiger partial charge is 0.466 e. The maximum Gasteiger partial charge on any atom is 0.410 e. The minimum atomic E-state index is -0.525. The van der Waals surface area contributed by atoms with Gasteiger partial charge in [-0.25, -0.2) is 4.79 Å². The van der Waals surface area contributed by atoms with E-state index in [-0.39, 0.29) is 12.4 Å². The Balaban J connectivity index is 3.57. The second-order valence-corrected chi connectivity index (χ2v) is 7.35. The lowest BCUT2D eigenvalue weighted by molar-refractivity contribution is -0.144. The van der Waals surface area contributed by atoms with Gasteiger partial charge in [-0.2, -0.15) is 0 Å². The number of nitrogens with zero attached hydrogens (tertiary/aromatic N) is 1. The van der Waals surface area contributed by atoms with E-state index in [2.05, 4.69) is 6.92 Å². The minimum Gasteiger partial charge on any atom is -0.466 e. The van der Waals surface area contributed by atoms with Gasteiger partial charge in [-0.1, -0.05) is 51.9 Å². The summed E-state index contributed by atoms with van der Waals surface area (Å²) < 4.78 is 10.4. The van der Waals surface area contributed by atoms with Crippen LogP contribution in [0.15, 0.2) is 0 Å². The highest BCUT2D eigenvalue weighted by molar-refractivity contribution is 5.72. The first-order valence-electron chi connectivity index (χ1n) is 9.36. The highest BCUT2D eigenvalue weighted by Gasteiger charge is 2.20. The van der Waals surface area contributed by atoms with E-state index in [4.69, 9.17) is 9.47 Å². The number of carbonyl (C=O) groups excluding carboxylic acids is 2. The molecule has 0 rings (SSSR count). The van der Waals surface area contributed by atoms with E-state index in [1.807, 2.05) is 20.8 Å². The van der Waals surface area contributed by atoms with Gasteiger partial charge in [0.15, 0.2) is 0 Å². The molecule has 1 amide bonds. The van der Waals surface area contributed by atoms with Gasteiger partial charge < -0.3 is 14.4 Å². The van der Waals surface area contributed by atoms with Crippen molar-refractivity contribution in [3.8, 4) is 0 Å². The Bertz CT molecular complexity index is 350. The molecule has 0 bridgehead atoms. The summed E-state index contributed by atoms with van der Waals surface area (Å²) in [5, 5.41) is 0. The number of hydrogen-bond acceptors (Lipinski definition) is 4. The SMILES string of the molecule is CCCCCCCCCCOC(=O)CCN(C)C(=O)OC(C)(C)C. The third-order valence-corrected chi connectivity index (χ3v) is 3.62. The van der Waals surface area contributed by atoms with E-state index >= 15 is 0 Å². The smallest absolute Gasteiger partial charge is 0.410 e. The topological polar surface area (TPSA) is 55.8 Å². The molecule has 0 aliphatic heterocycles. The van der Waals surface area contributed by atoms with Crippen molar-refractivity contribution >= 4 is 12.1 Å². The summed E-state index contributed by atoms with van der Waals surface area (Å²) >= 11 is 0. The van der Waals surface area contributed by atoms with Crippen LogP contribution in [0.3, 0.4) is 0 Å². The van der Waals surface area contributed by atoms with Crippen molar-refractivity contribution < 1.29 is 19.1 Å². The highest BCUT2D eigenvalue weighted by Crippen LogP contribution is 2.10. The predicted octanol–water partition coefficient (Wildman–Crippen LogP) is 4.93. The third kappa shape index (κ3) is 14.3. The molecular weight excluding hydrogens is 306 g/mol. The van der Waals surface area contributed by atoms with Crippen LogP contribution in [0, 0.1) is 0 Å². The quantitative estimate of drug-likeness (QED) is 0.372. The van der Waals surface area contributed by atoms with Crippen molar-refractivity contribution in [3.05, 3.63) is 0 Å². The molecule has 0 radical (unpaired) electrons. The first kappa shape index (κ1) is 22.7. The van der Waals surface area contributed by atoms with Gasteiger partial charge in [0.2, 0.25) is 0 Å². The van der Waals surface area contributed by atoms with Crippen molar-refractivity contribution in [3.63, 3.8) is 0 Å². The standard InChI is InChI=1S/C19H37NO4/c1-6-7-8-9-10-11-12-13-16-23-17(21)14-15-20(5)18(22)24-19(2,3)4/h6-16H2,1-5H3. The summed E-state index contributed by atoms with van der Waals surface area (Å²) in [6.07, 6.45) is 9.54. The van der Waals surface area contributed by atoms with E-state index in [9.17, 15) is 9.59 Å². The minimum absolute atomic E-state index is 0.201. The van der Waals surface area contributed by atoms with E-state index in [1.165, 1.54) is 43.4 Å². The summed E-state index contributed by atoms with van der Waals surface area (Å²) in [6.45, 7) is 8.46. The Morgan fingerprint density at radius 1 is 0.917 bits per heavy atom. The van der Waals surface area contributed by atoms with Crippen molar-refractivity contribution in [2.45, 2.75) is 91.1 Å². The molecule has 0 fully saturated rings. The zero-order valence-electron chi connectivity index (χ0n) is 16.4. The summed E-state index contributed by atoms with van der Waals surface area (Å²) in [5.74, 6) is -0.256. The third-order valence-electron chi connectivity index (χ3n) is 3.62. The Labute approximate surface area is 148 Å². The van der Waals surface area contributed by atoms with Gasteiger partial charge in [-0.3, -0.25) is 4.79 Å². The van der Waals surface area contributed by atoms with Crippen LogP contribution in [-0.4, -0.2) is 42.8 Å². The number of ether oxygens (including phenoxy) is 2. The van der Waals surface area contributed by atoms with Crippen LogP contribution in [0.1, 0.15) is 85.5 Å². The second kappa shape index (κ2) is 13.1. The van der Waals surface area contributed by atoms with Crippen molar-refractivity contribution in [1.29, 1.82) is 0 Å². The Morgan fingerprint density at radius 3 is 2.00 bits per heavy atom. The molecule has 0 saturated carbocycles. The van der Waals surface area contributed by atoms with E-state index in [0.29, 0.717) is 13.2 Å². The average Bonchev–Trinajstić information content (AvgIpc) is 2.49. The molecule has 0 aliphatic rings. The molecule has 5 heteroatoms. The molecule has 0 saturated heterocycles. The summed E-state index contributed by atoms with van der Waals surface area (Å²) in [7, 11) is 1.62. The van der Waals surface area contributed by atoms with Gasteiger partial charge in [0.05, 0.1) is 13.0 Å². The first-order chi connectivity index (χ1) is 11.3. The molecule has 0 heterocycles. The normalized spacial score (nSPS) is 11.2. The number of hydrogen-bond donors (Lipinski definition) is 0. The number of rotatable bonds is 12. The van der Waals surface area contributed by atoms with Crippen LogP contribution in [-0.2, 0) is 14.3 Å². The maximum absolute atomic E-state index is 11.7. The molecule has 0 N–H and O–H groups in total. The van der Waals surface area contributed by atoms with Crippen molar-refractivity contribution in [2.24, 2.45) is 0 Å². The molecule has 142 valence electrons. The van der Waals surface area contributed by atoms with Crippen molar-refractivity contribution in [2.75, 3.05) is 20.2 Å². The monoisotopic (exact) mass is 343 g/mol. The van der Waals surface area contributed by atoms with Crippen LogP contribution in [0.2, 0.25) is 0 Å². The number of unbranched alkanes of at least 4 members (excludes halogenated alkanes) is 7. The van der Waals surface area contributed by atoms with Crippen LogP contribution in [0.25, 0.3) is 0 Å². The van der Waals surface area contributed by atoms with Crippen molar-refractivity contribution in [1.82, 2.24) is 4.90 Å². The van der Waals surface area contributed by atoms with Gasteiger partial charge in [-0.05, 0) is 27.2 Å². The highest BCUT2D eigenvalue weighted by atomic mass is 16.6. The summed E-state index contributed by atoms with van der Waals surface area (Å²) in [4.78, 5) is 24.8. The Hall–Kier alpha value is -1.26. The second-order valence-electron chi connectivity index (χ2n) is 7.35. The van der Waals surface area contributed by atoms with Crippen LogP contribution in [0.5, 0.6) is 0 Å². The summed E-state index contributed by atoms with van der Waals surface area (Å²) in [5.41, 5.74) is -0.525. The fraction of sp³-hybridized carbons (Fsp3) is 0.895. The van der Waals surface area contributed by atoms with Gasteiger partial charge in [-0.15, -0.1) is 0 Å². The Kier molecular flexibility index (Phi) is 12.4. The van der Waals surface area contributed by atoms with Gasteiger partial charge >= 0.3 is 12.1 Å². The van der Waals surface area contributed by atoms with Crippen LogP contribution in [0.4, 0.5) is 4.79 Å². The van der Waals surface area contributed by atoms with Gasteiger partial charge in [0.25, 0.3) is 0 Å². The molecular formula is C19H37NO4. The Morgan fingerprint density at radius 2 is 1.46 bits per heavy atom. The predicted molar refractivity (Wildman–Crippen MR) is 97.1 cm³/mol. The molecule has 24 heavy (non-hydrogen) atoms. The first-order valence-corrected chi connectivity index (χ1v) is 9.36. The molecule has 0 aromatic rings. The lowest BCUT2D eigenvalue weighted by atomic mass is 10.1. The molecule has 0 aromatic carbocycles. The molecule has 0 unspecified atom stereocenters. The van der Waals surface area contributed by atoms with E-state index < -0.39 is 11.7 Å². The lowest BCUT2D eigenvalue weighted by Crippen LogP contribution is -2.35. The molecule has 5 nitrogen and oxygen atoms in total. The van der Waals surface area contributed by atoms with Gasteiger partial charge in [0, 0.05) is 13.6 Å². The number of carbonyl (C=O) groups is 2. The van der Waals surface area contributed by atoms with E-state index in [1.54, 1.807) is 7.05 Å². The summed E-state index contributed by atoms with van der Waals surface area (Å²) in [6, 6.07) is 0. The number of esters is 1. The molecule has 0 aromatic heterocycles. The average molecular weight is 344 g/mol. The maximum atomic E-state index is 11.7. The van der Waals surface area contributed by atoms with E-state index in [0.717, 1.165) is 12.8 Å². The fourth-order valence-corrected chi connectivity index (χ4v) is 2.18.